The third-order valence-corrected chi connectivity index (χ3v) is 3.96. The molecule has 0 spiro atoms. The van der Waals surface area contributed by atoms with Crippen molar-refractivity contribution >= 4 is 46.7 Å². The smallest absolute Gasteiger partial charge is 0.252 e. The summed E-state index contributed by atoms with van der Waals surface area (Å²) < 4.78 is 1.45. The van der Waals surface area contributed by atoms with Gasteiger partial charge in [0.1, 0.15) is 6.04 Å². The fourth-order valence-electron chi connectivity index (χ4n) is 2.27. The van der Waals surface area contributed by atoms with Crippen molar-refractivity contribution in [3.63, 3.8) is 0 Å². The average molecular weight is 354 g/mol. The van der Waals surface area contributed by atoms with Crippen LogP contribution in [-0.4, -0.2) is 26.6 Å². The van der Waals surface area contributed by atoms with Crippen LogP contribution < -0.4 is 10.6 Å². The van der Waals surface area contributed by atoms with E-state index in [1.54, 1.807) is 12.1 Å². The molecule has 1 aromatic carbocycles. The molecule has 9 heteroatoms. The number of carbonyl (C=O) groups is 2. The molecule has 0 fully saturated rings. The summed E-state index contributed by atoms with van der Waals surface area (Å²) >= 11 is 11.8. The van der Waals surface area contributed by atoms with Crippen molar-refractivity contribution in [2.75, 3.05) is 10.6 Å². The van der Waals surface area contributed by atoms with Gasteiger partial charge in [-0.1, -0.05) is 30.1 Å². The van der Waals surface area contributed by atoms with Gasteiger partial charge in [-0.25, -0.2) is 4.68 Å². The van der Waals surface area contributed by atoms with E-state index in [4.69, 9.17) is 23.2 Å². The lowest BCUT2D eigenvalue weighted by molar-refractivity contribution is -0.123. The molecule has 1 aliphatic heterocycles. The molecule has 0 radical (unpaired) electrons. The predicted molar refractivity (Wildman–Crippen MR) is 86.8 cm³/mol. The molecule has 2 aromatic rings. The van der Waals surface area contributed by atoms with Gasteiger partial charge in [0.05, 0.1) is 17.1 Å². The second-order valence-corrected chi connectivity index (χ2v) is 5.87. The average Bonchev–Trinajstić information content (AvgIpc) is 3.01. The lowest BCUT2D eigenvalue weighted by atomic mass is 10.2. The second kappa shape index (κ2) is 6.17. The van der Waals surface area contributed by atoms with Crippen molar-refractivity contribution in [1.82, 2.24) is 14.8 Å². The summed E-state index contributed by atoms with van der Waals surface area (Å²) in [5.74, 6) is 0.330. The zero-order valence-electron chi connectivity index (χ0n) is 12.1. The fraction of sp³-hybridized carbons (Fsp3) is 0.286. The molecule has 3 rings (SSSR count). The summed E-state index contributed by atoms with van der Waals surface area (Å²) in [6, 6.07) is 4.04. The Morgan fingerprint density at radius 1 is 1.43 bits per heavy atom. The van der Waals surface area contributed by atoms with E-state index < -0.39 is 6.04 Å². The lowest BCUT2D eigenvalue weighted by Crippen LogP contribution is -2.24. The van der Waals surface area contributed by atoms with Crippen molar-refractivity contribution in [3.05, 3.63) is 34.1 Å². The van der Waals surface area contributed by atoms with E-state index >= 15 is 0 Å². The van der Waals surface area contributed by atoms with Crippen LogP contribution in [0.3, 0.4) is 0 Å². The molecule has 0 saturated heterocycles. The highest BCUT2D eigenvalue weighted by atomic mass is 35.5. The Balaban J connectivity index is 1.73. The second-order valence-electron chi connectivity index (χ2n) is 5.03. The number of aryl methyl sites for hydroxylation is 1. The molecule has 7 nitrogen and oxygen atoms in total. The van der Waals surface area contributed by atoms with E-state index in [9.17, 15) is 9.59 Å². The van der Waals surface area contributed by atoms with Crippen LogP contribution in [0.1, 0.15) is 25.2 Å². The van der Waals surface area contributed by atoms with Gasteiger partial charge in [0, 0.05) is 11.4 Å². The quantitative estimate of drug-likeness (QED) is 0.884. The third-order valence-electron chi connectivity index (χ3n) is 3.41. The Morgan fingerprint density at radius 3 is 2.91 bits per heavy atom. The number of nitrogens with zero attached hydrogens (tertiary/aromatic N) is 3. The van der Waals surface area contributed by atoms with Crippen molar-refractivity contribution in [1.29, 1.82) is 0 Å². The summed E-state index contributed by atoms with van der Waals surface area (Å²) in [6.07, 6.45) is 0.583. The van der Waals surface area contributed by atoms with Gasteiger partial charge in [0.25, 0.3) is 5.91 Å². The number of benzene rings is 1. The Kier molecular flexibility index (Phi) is 4.23. The summed E-state index contributed by atoms with van der Waals surface area (Å²) in [5.41, 5.74) is 0.438. The highest BCUT2D eigenvalue weighted by molar-refractivity contribution is 6.36. The maximum absolute atomic E-state index is 12.2. The number of fused-ring (bicyclic) bond motifs is 1. The molecule has 1 aliphatic rings. The number of hydrogen-bond acceptors (Lipinski definition) is 4. The van der Waals surface area contributed by atoms with Crippen molar-refractivity contribution in [2.24, 2.45) is 0 Å². The van der Waals surface area contributed by atoms with E-state index in [1.807, 2.05) is 6.92 Å². The van der Waals surface area contributed by atoms with Crippen LogP contribution in [0.15, 0.2) is 18.2 Å². The molecule has 0 unspecified atom stereocenters. The molecule has 0 aliphatic carbocycles. The van der Waals surface area contributed by atoms with Gasteiger partial charge in [-0.05, 0) is 18.2 Å². The van der Waals surface area contributed by atoms with Crippen molar-refractivity contribution in [2.45, 2.75) is 25.8 Å². The number of amides is 2. The number of carbonyl (C=O) groups excluding carboxylic acids is 2. The van der Waals surface area contributed by atoms with E-state index in [2.05, 4.69) is 20.7 Å². The Hall–Kier alpha value is -2.12. The summed E-state index contributed by atoms with van der Waals surface area (Å²) in [6.45, 7) is 1.91. The van der Waals surface area contributed by atoms with Crippen LogP contribution in [0.4, 0.5) is 11.6 Å². The molecular formula is C14H13Cl2N5O2. The van der Waals surface area contributed by atoms with Gasteiger partial charge in [-0.3, -0.25) is 14.9 Å². The van der Waals surface area contributed by atoms with E-state index in [-0.39, 0.29) is 18.2 Å². The maximum atomic E-state index is 12.2. The molecule has 0 bridgehead atoms. The van der Waals surface area contributed by atoms with Gasteiger partial charge < -0.3 is 5.32 Å². The third kappa shape index (κ3) is 3.16. The van der Waals surface area contributed by atoms with Crippen LogP contribution in [0, 0.1) is 0 Å². The van der Waals surface area contributed by atoms with Crippen LogP contribution in [-0.2, 0) is 16.0 Å². The minimum Gasteiger partial charge on any atom is -0.325 e. The molecule has 120 valence electrons. The Labute approximate surface area is 142 Å². The highest BCUT2D eigenvalue weighted by Gasteiger charge is 2.34. The first-order valence-corrected chi connectivity index (χ1v) is 7.74. The molecule has 2 heterocycles. The van der Waals surface area contributed by atoms with Crippen LogP contribution >= 0.6 is 23.2 Å². The molecule has 0 saturated carbocycles. The van der Waals surface area contributed by atoms with Crippen LogP contribution in [0.2, 0.25) is 10.0 Å². The van der Waals surface area contributed by atoms with Gasteiger partial charge in [-0.15, -0.1) is 0 Å². The standard InChI is InChI=1S/C14H13Cl2N5O2/c1-2-11-18-14-19-13(23)10(21(14)20-11)6-12(22)17-9-4-3-7(15)5-8(9)16/h3-5,10H,2,6H2,1H3,(H,17,22)(H,18,19,20,23)/t10-/m1/s1. The number of rotatable bonds is 4. The molecule has 2 N–H and O–H groups in total. The normalized spacial score (nSPS) is 16.1. The molecular weight excluding hydrogens is 341 g/mol. The van der Waals surface area contributed by atoms with Crippen molar-refractivity contribution < 1.29 is 9.59 Å². The van der Waals surface area contributed by atoms with Gasteiger partial charge in [-0.2, -0.15) is 10.1 Å². The minimum absolute atomic E-state index is 0.0652. The Bertz CT molecular complexity index is 789. The predicted octanol–water partition coefficient (Wildman–Crippen LogP) is 2.67. The summed E-state index contributed by atoms with van der Waals surface area (Å²) in [4.78, 5) is 28.3. The largest absolute Gasteiger partial charge is 0.325 e. The number of aromatic nitrogens is 3. The van der Waals surface area contributed by atoms with Gasteiger partial charge in [0.15, 0.2) is 5.82 Å². The van der Waals surface area contributed by atoms with Crippen LogP contribution in [0.25, 0.3) is 0 Å². The Morgan fingerprint density at radius 2 is 2.22 bits per heavy atom. The molecule has 2 amide bonds. The molecule has 1 aromatic heterocycles. The first-order chi connectivity index (χ1) is 11.0. The number of nitrogens with one attached hydrogen (secondary N) is 2. The lowest BCUT2D eigenvalue weighted by Gasteiger charge is -2.11. The monoisotopic (exact) mass is 353 g/mol. The molecule has 1 atom stereocenters. The van der Waals surface area contributed by atoms with E-state index in [0.717, 1.165) is 0 Å². The number of anilines is 2. The number of halogens is 2. The SMILES string of the molecule is CCc1nc2n(n1)[C@H](CC(=O)Nc1ccc(Cl)cc1Cl)C(=O)N2. The molecule has 23 heavy (non-hydrogen) atoms. The van der Waals surface area contributed by atoms with E-state index in [1.165, 1.54) is 10.7 Å². The van der Waals surface area contributed by atoms with Gasteiger partial charge >= 0.3 is 0 Å². The zero-order chi connectivity index (χ0) is 16.6. The maximum Gasteiger partial charge on any atom is 0.252 e. The number of hydrogen-bond donors (Lipinski definition) is 2. The topological polar surface area (TPSA) is 88.9 Å². The van der Waals surface area contributed by atoms with E-state index in [0.29, 0.717) is 33.9 Å². The summed E-state index contributed by atoms with van der Waals surface area (Å²) in [5, 5.41) is 10.3. The van der Waals surface area contributed by atoms with Gasteiger partial charge in [0.2, 0.25) is 11.9 Å². The fourth-order valence-corrected chi connectivity index (χ4v) is 2.73. The van der Waals surface area contributed by atoms with Crippen LogP contribution in [0.5, 0.6) is 0 Å². The minimum atomic E-state index is -0.719. The summed E-state index contributed by atoms with van der Waals surface area (Å²) in [7, 11) is 0. The first kappa shape index (κ1) is 15.8. The highest BCUT2D eigenvalue weighted by Crippen LogP contribution is 2.28. The first-order valence-electron chi connectivity index (χ1n) is 6.99. The van der Waals surface area contributed by atoms with Crippen molar-refractivity contribution in [3.8, 4) is 0 Å². The zero-order valence-corrected chi connectivity index (χ0v) is 13.6.